The lowest BCUT2D eigenvalue weighted by atomic mass is 10.1. The van der Waals surface area contributed by atoms with E-state index >= 15 is 0 Å². The molecule has 0 radical (unpaired) electrons. The monoisotopic (exact) mass is 323 g/mol. The first-order valence-corrected chi connectivity index (χ1v) is 7.30. The first kappa shape index (κ1) is 15.6. The Balaban J connectivity index is 1.59. The Morgan fingerprint density at radius 2 is 1.79 bits per heavy atom. The summed E-state index contributed by atoms with van der Waals surface area (Å²) in [6.07, 6.45) is 1.00. The average Bonchev–Trinajstić information content (AvgIpc) is 2.61. The number of pyridine rings is 1. The number of anilines is 1. The van der Waals surface area contributed by atoms with Crippen molar-refractivity contribution in [1.29, 1.82) is 0 Å². The summed E-state index contributed by atoms with van der Waals surface area (Å²) in [5.41, 5.74) is 0.474. The highest BCUT2D eigenvalue weighted by Gasteiger charge is 2.09. The quantitative estimate of drug-likeness (QED) is 0.775. The summed E-state index contributed by atoms with van der Waals surface area (Å²) in [5.74, 6) is -1.05. The van der Waals surface area contributed by atoms with E-state index in [1.807, 2.05) is 30.3 Å². The van der Waals surface area contributed by atoms with Gasteiger partial charge in [-0.1, -0.05) is 30.3 Å². The van der Waals surface area contributed by atoms with Gasteiger partial charge in [0.05, 0.1) is 12.7 Å². The maximum Gasteiger partial charge on any atom is 0.251 e. The second kappa shape index (κ2) is 6.87. The molecule has 5 nitrogen and oxygen atoms in total. The highest BCUT2D eigenvalue weighted by atomic mass is 19.1. The lowest BCUT2D eigenvalue weighted by Crippen LogP contribution is -2.33. The van der Waals surface area contributed by atoms with Crippen molar-refractivity contribution in [1.82, 2.24) is 10.3 Å². The van der Waals surface area contributed by atoms with E-state index in [-0.39, 0.29) is 18.3 Å². The van der Waals surface area contributed by atoms with E-state index in [2.05, 4.69) is 15.6 Å². The molecule has 2 amide bonds. The van der Waals surface area contributed by atoms with E-state index in [9.17, 15) is 14.0 Å². The fourth-order valence-electron chi connectivity index (χ4n) is 2.23. The molecule has 0 fully saturated rings. The molecule has 120 valence electrons. The second-order valence-electron chi connectivity index (χ2n) is 5.15. The van der Waals surface area contributed by atoms with E-state index < -0.39 is 11.7 Å². The predicted octanol–water partition coefficient (Wildman–Crippen LogP) is 2.74. The van der Waals surface area contributed by atoms with Crippen molar-refractivity contribution in [3.05, 3.63) is 72.2 Å². The molecule has 0 saturated carbocycles. The number of halogens is 1. The highest BCUT2D eigenvalue weighted by Crippen LogP contribution is 2.15. The van der Waals surface area contributed by atoms with Gasteiger partial charge in [-0.15, -0.1) is 0 Å². The second-order valence-corrected chi connectivity index (χ2v) is 5.15. The Labute approximate surface area is 137 Å². The molecule has 0 atom stereocenters. The third-order valence-electron chi connectivity index (χ3n) is 3.42. The van der Waals surface area contributed by atoms with Gasteiger partial charge in [0.15, 0.2) is 0 Å². The van der Waals surface area contributed by atoms with Crippen molar-refractivity contribution in [2.45, 2.75) is 0 Å². The number of rotatable bonds is 4. The Morgan fingerprint density at radius 3 is 2.54 bits per heavy atom. The maximum atomic E-state index is 12.7. The molecule has 24 heavy (non-hydrogen) atoms. The van der Waals surface area contributed by atoms with Crippen LogP contribution in [0.3, 0.4) is 0 Å². The van der Waals surface area contributed by atoms with Gasteiger partial charge in [0.25, 0.3) is 5.91 Å². The Hall–Kier alpha value is -3.28. The lowest BCUT2D eigenvalue weighted by molar-refractivity contribution is -0.115. The van der Waals surface area contributed by atoms with Crippen LogP contribution in [0.2, 0.25) is 0 Å². The fraction of sp³-hybridized carbons (Fsp3) is 0.0556. The van der Waals surface area contributed by atoms with Gasteiger partial charge in [-0.25, -0.2) is 9.37 Å². The normalized spacial score (nSPS) is 10.4. The van der Waals surface area contributed by atoms with Gasteiger partial charge in [-0.05, 0) is 35.0 Å². The zero-order valence-electron chi connectivity index (χ0n) is 12.6. The predicted molar refractivity (Wildman–Crippen MR) is 89.1 cm³/mol. The number of carbonyl (C=O) groups excluding carboxylic acids is 2. The van der Waals surface area contributed by atoms with Crippen LogP contribution < -0.4 is 10.6 Å². The zero-order valence-corrected chi connectivity index (χ0v) is 12.6. The van der Waals surface area contributed by atoms with Crippen LogP contribution in [0.1, 0.15) is 10.4 Å². The van der Waals surface area contributed by atoms with Gasteiger partial charge in [0.2, 0.25) is 5.91 Å². The average molecular weight is 323 g/mol. The number of amides is 2. The molecule has 3 aromatic rings. The number of nitrogens with zero attached hydrogens (tertiary/aromatic N) is 1. The zero-order chi connectivity index (χ0) is 16.9. The molecule has 3 rings (SSSR count). The van der Waals surface area contributed by atoms with Crippen molar-refractivity contribution < 1.29 is 14.0 Å². The van der Waals surface area contributed by atoms with Gasteiger partial charge in [-0.2, -0.15) is 0 Å². The summed E-state index contributed by atoms with van der Waals surface area (Å²) in [6, 6.07) is 15.6. The molecule has 0 unspecified atom stereocenters. The summed E-state index contributed by atoms with van der Waals surface area (Å²) in [5, 5.41) is 7.00. The fourth-order valence-corrected chi connectivity index (χ4v) is 2.23. The standard InChI is InChI=1S/C18H14FN3O2/c19-15-7-8-16(20-10-15)22-17(23)11-21-18(24)14-6-5-12-3-1-2-4-13(12)9-14/h1-10H,11H2,(H,21,24)(H,20,22,23). The van der Waals surface area contributed by atoms with Crippen LogP contribution in [-0.4, -0.2) is 23.3 Å². The first-order valence-electron chi connectivity index (χ1n) is 7.30. The van der Waals surface area contributed by atoms with Crippen molar-refractivity contribution in [2.75, 3.05) is 11.9 Å². The number of nitrogens with one attached hydrogen (secondary N) is 2. The van der Waals surface area contributed by atoms with Crippen molar-refractivity contribution in [2.24, 2.45) is 0 Å². The summed E-state index contributed by atoms with van der Waals surface area (Å²) in [4.78, 5) is 27.6. The molecule has 1 aromatic heterocycles. The third kappa shape index (κ3) is 3.73. The molecule has 0 aliphatic heterocycles. The van der Waals surface area contributed by atoms with Crippen molar-refractivity contribution in [3.63, 3.8) is 0 Å². The van der Waals surface area contributed by atoms with Crippen LogP contribution in [0.15, 0.2) is 60.8 Å². The lowest BCUT2D eigenvalue weighted by Gasteiger charge is -2.07. The molecule has 1 heterocycles. The number of carbonyl (C=O) groups is 2. The van der Waals surface area contributed by atoms with E-state index in [1.54, 1.807) is 12.1 Å². The minimum absolute atomic E-state index is 0.204. The summed E-state index contributed by atoms with van der Waals surface area (Å²) >= 11 is 0. The summed E-state index contributed by atoms with van der Waals surface area (Å²) < 4.78 is 12.7. The number of fused-ring (bicyclic) bond motifs is 1. The minimum Gasteiger partial charge on any atom is -0.343 e. The molecule has 2 N–H and O–H groups in total. The molecule has 2 aromatic carbocycles. The van der Waals surface area contributed by atoms with Crippen molar-refractivity contribution in [3.8, 4) is 0 Å². The Kier molecular flexibility index (Phi) is 4.47. The van der Waals surface area contributed by atoms with Crippen LogP contribution in [0.25, 0.3) is 10.8 Å². The SMILES string of the molecule is O=C(CNC(=O)c1ccc2ccccc2c1)Nc1ccc(F)cn1. The molecular weight excluding hydrogens is 309 g/mol. The molecule has 0 spiro atoms. The van der Waals surface area contributed by atoms with E-state index in [1.165, 1.54) is 12.1 Å². The minimum atomic E-state index is -0.488. The van der Waals surface area contributed by atoms with E-state index in [4.69, 9.17) is 0 Å². The molecule has 0 saturated heterocycles. The Bertz CT molecular complexity index is 894. The number of benzene rings is 2. The number of aromatic nitrogens is 1. The largest absolute Gasteiger partial charge is 0.343 e. The molecule has 6 heteroatoms. The van der Waals surface area contributed by atoms with Crippen LogP contribution in [-0.2, 0) is 4.79 Å². The van der Waals surface area contributed by atoms with Gasteiger partial charge in [0.1, 0.15) is 11.6 Å². The topological polar surface area (TPSA) is 71.1 Å². The molecule has 0 aliphatic carbocycles. The van der Waals surface area contributed by atoms with Gasteiger partial charge >= 0.3 is 0 Å². The first-order chi connectivity index (χ1) is 11.6. The highest BCUT2D eigenvalue weighted by molar-refractivity contribution is 6.01. The summed E-state index contributed by atoms with van der Waals surface area (Å²) in [6.45, 7) is -0.204. The smallest absolute Gasteiger partial charge is 0.251 e. The van der Waals surface area contributed by atoms with Crippen molar-refractivity contribution >= 4 is 28.4 Å². The van der Waals surface area contributed by atoms with Gasteiger partial charge in [0, 0.05) is 5.56 Å². The summed E-state index contributed by atoms with van der Waals surface area (Å²) in [7, 11) is 0. The molecule has 0 bridgehead atoms. The van der Waals surface area contributed by atoms with Crippen LogP contribution in [0, 0.1) is 5.82 Å². The molecular formula is C18H14FN3O2. The van der Waals surface area contributed by atoms with E-state index in [0.29, 0.717) is 5.56 Å². The van der Waals surface area contributed by atoms with Gasteiger partial charge < -0.3 is 10.6 Å². The van der Waals surface area contributed by atoms with Crippen LogP contribution in [0.4, 0.5) is 10.2 Å². The van der Waals surface area contributed by atoms with E-state index in [0.717, 1.165) is 17.0 Å². The van der Waals surface area contributed by atoms with Gasteiger partial charge in [-0.3, -0.25) is 9.59 Å². The Morgan fingerprint density at radius 1 is 1.00 bits per heavy atom. The number of hydrogen-bond acceptors (Lipinski definition) is 3. The third-order valence-corrected chi connectivity index (χ3v) is 3.42. The van der Waals surface area contributed by atoms with Crippen LogP contribution in [0.5, 0.6) is 0 Å². The van der Waals surface area contributed by atoms with Crippen LogP contribution >= 0.6 is 0 Å². The molecule has 0 aliphatic rings. The number of hydrogen-bond donors (Lipinski definition) is 2. The maximum absolute atomic E-state index is 12.7.